The standard InChI is InChI=1S/C23H25N3O2S/c1-28-21-6-2-4-17(12-21)13-26-11-3-5-19(14-26)23(27)25-20-9-7-18(8-10-20)22-15-29-16-24-22/h2,4,6-10,12,15-16,19H,3,5,11,13-14H2,1H3,(H,25,27)/t19-/m0/s1. The summed E-state index contributed by atoms with van der Waals surface area (Å²) in [6.45, 7) is 2.63. The molecule has 4 rings (SSSR count). The van der Waals surface area contributed by atoms with Gasteiger partial charge in [-0.15, -0.1) is 11.3 Å². The Hall–Kier alpha value is -2.70. The fourth-order valence-corrected chi connectivity index (χ4v) is 4.33. The van der Waals surface area contributed by atoms with Crippen molar-refractivity contribution in [3.05, 3.63) is 65.0 Å². The molecule has 0 bridgehead atoms. The molecule has 150 valence electrons. The van der Waals surface area contributed by atoms with Crippen molar-refractivity contribution in [3.63, 3.8) is 0 Å². The molecule has 1 aromatic heterocycles. The number of methoxy groups -OCH3 is 1. The molecule has 2 aromatic carbocycles. The van der Waals surface area contributed by atoms with Gasteiger partial charge < -0.3 is 10.1 Å². The summed E-state index contributed by atoms with van der Waals surface area (Å²) >= 11 is 1.58. The van der Waals surface area contributed by atoms with Crippen LogP contribution in [0.4, 0.5) is 5.69 Å². The number of carbonyl (C=O) groups excluding carboxylic acids is 1. The fraction of sp³-hybridized carbons (Fsp3) is 0.304. The van der Waals surface area contributed by atoms with Crippen LogP contribution in [0.15, 0.2) is 59.4 Å². The Balaban J connectivity index is 1.34. The molecule has 1 aliphatic rings. The van der Waals surface area contributed by atoms with Crippen LogP contribution in [0.2, 0.25) is 0 Å². The summed E-state index contributed by atoms with van der Waals surface area (Å²) in [7, 11) is 1.68. The lowest BCUT2D eigenvalue weighted by atomic mass is 9.96. The Morgan fingerprint density at radius 2 is 2.14 bits per heavy atom. The lowest BCUT2D eigenvalue weighted by Crippen LogP contribution is -2.40. The minimum absolute atomic E-state index is 0.00701. The van der Waals surface area contributed by atoms with E-state index in [0.29, 0.717) is 0 Å². The van der Waals surface area contributed by atoms with Crippen molar-refractivity contribution in [2.45, 2.75) is 19.4 Å². The van der Waals surface area contributed by atoms with E-state index in [1.54, 1.807) is 18.4 Å². The maximum absolute atomic E-state index is 12.8. The number of hydrogen-bond donors (Lipinski definition) is 1. The summed E-state index contributed by atoms with van der Waals surface area (Å²) in [6, 6.07) is 16.0. The monoisotopic (exact) mass is 407 g/mol. The summed E-state index contributed by atoms with van der Waals surface area (Å²) in [5.74, 6) is 0.976. The van der Waals surface area contributed by atoms with Crippen LogP contribution in [0.5, 0.6) is 5.75 Å². The topological polar surface area (TPSA) is 54.5 Å². The number of nitrogens with one attached hydrogen (secondary N) is 1. The van der Waals surface area contributed by atoms with Gasteiger partial charge in [-0.25, -0.2) is 4.98 Å². The first-order valence-corrected chi connectivity index (χ1v) is 10.8. The van der Waals surface area contributed by atoms with Gasteiger partial charge in [0.15, 0.2) is 0 Å². The number of piperidine rings is 1. The van der Waals surface area contributed by atoms with Crippen molar-refractivity contribution < 1.29 is 9.53 Å². The Kier molecular flexibility index (Phi) is 6.22. The van der Waals surface area contributed by atoms with Gasteiger partial charge in [0.1, 0.15) is 5.75 Å². The van der Waals surface area contributed by atoms with Crippen molar-refractivity contribution in [3.8, 4) is 17.0 Å². The smallest absolute Gasteiger partial charge is 0.228 e. The van der Waals surface area contributed by atoms with Gasteiger partial charge in [-0.05, 0) is 49.2 Å². The van der Waals surface area contributed by atoms with Crippen LogP contribution in [-0.2, 0) is 11.3 Å². The van der Waals surface area contributed by atoms with Crippen LogP contribution >= 0.6 is 11.3 Å². The van der Waals surface area contributed by atoms with Gasteiger partial charge in [0, 0.05) is 29.7 Å². The number of ether oxygens (including phenoxy) is 1. The van der Waals surface area contributed by atoms with Crippen LogP contribution in [0, 0.1) is 5.92 Å². The number of amides is 1. The van der Waals surface area contributed by atoms with Crippen molar-refractivity contribution >= 4 is 22.9 Å². The molecule has 0 radical (unpaired) electrons. The van der Waals surface area contributed by atoms with Crippen LogP contribution < -0.4 is 10.1 Å². The average molecular weight is 408 g/mol. The van der Waals surface area contributed by atoms with E-state index in [-0.39, 0.29) is 11.8 Å². The van der Waals surface area contributed by atoms with E-state index in [1.807, 2.05) is 47.3 Å². The average Bonchev–Trinajstić information content (AvgIpc) is 3.29. The second-order valence-electron chi connectivity index (χ2n) is 7.37. The van der Waals surface area contributed by atoms with Crippen LogP contribution in [0.3, 0.4) is 0 Å². The van der Waals surface area contributed by atoms with Gasteiger partial charge in [0.05, 0.1) is 24.2 Å². The summed E-state index contributed by atoms with van der Waals surface area (Å²) in [5, 5.41) is 5.10. The summed E-state index contributed by atoms with van der Waals surface area (Å²) in [4.78, 5) is 19.5. The molecule has 1 aliphatic heterocycles. The molecule has 3 aromatic rings. The molecular formula is C23H25N3O2S. The third-order valence-corrected chi connectivity index (χ3v) is 5.88. The van der Waals surface area contributed by atoms with E-state index >= 15 is 0 Å². The Bertz CT molecular complexity index is 941. The molecule has 29 heavy (non-hydrogen) atoms. The first-order chi connectivity index (χ1) is 14.2. The molecule has 0 aliphatic carbocycles. The highest BCUT2D eigenvalue weighted by molar-refractivity contribution is 7.07. The minimum atomic E-state index is 0.00701. The first-order valence-electron chi connectivity index (χ1n) is 9.86. The molecule has 1 N–H and O–H groups in total. The van der Waals surface area contributed by atoms with Crippen LogP contribution in [0.1, 0.15) is 18.4 Å². The molecule has 5 nitrogen and oxygen atoms in total. The van der Waals surface area contributed by atoms with Gasteiger partial charge >= 0.3 is 0 Å². The minimum Gasteiger partial charge on any atom is -0.497 e. The molecule has 0 spiro atoms. The SMILES string of the molecule is COc1cccc(CN2CCC[C@H](C(=O)Nc3ccc(-c4cscn4)cc3)C2)c1. The maximum atomic E-state index is 12.8. The van der Waals surface area contributed by atoms with Gasteiger partial charge in [-0.2, -0.15) is 0 Å². The number of anilines is 1. The Morgan fingerprint density at radius 3 is 2.90 bits per heavy atom. The third kappa shape index (κ3) is 5.02. The van der Waals surface area contributed by atoms with Crippen molar-refractivity contribution in [2.75, 3.05) is 25.5 Å². The number of benzene rings is 2. The number of rotatable bonds is 6. The zero-order valence-corrected chi connectivity index (χ0v) is 17.3. The summed E-state index contributed by atoms with van der Waals surface area (Å²) in [5.41, 5.74) is 5.90. The molecule has 1 amide bonds. The molecule has 1 fully saturated rings. The van der Waals surface area contributed by atoms with E-state index in [0.717, 1.165) is 55.2 Å². The Morgan fingerprint density at radius 1 is 1.28 bits per heavy atom. The highest BCUT2D eigenvalue weighted by Gasteiger charge is 2.26. The number of aromatic nitrogens is 1. The molecule has 0 unspecified atom stereocenters. The highest BCUT2D eigenvalue weighted by atomic mass is 32.1. The second kappa shape index (κ2) is 9.20. The maximum Gasteiger partial charge on any atom is 0.228 e. The third-order valence-electron chi connectivity index (χ3n) is 5.30. The quantitative estimate of drug-likeness (QED) is 0.645. The van der Waals surface area contributed by atoms with Crippen molar-refractivity contribution in [1.82, 2.24) is 9.88 Å². The van der Waals surface area contributed by atoms with Gasteiger partial charge in [-0.3, -0.25) is 9.69 Å². The second-order valence-corrected chi connectivity index (χ2v) is 8.08. The normalized spacial score (nSPS) is 17.1. The largest absolute Gasteiger partial charge is 0.497 e. The number of thiazole rings is 1. The molecule has 2 heterocycles. The molecule has 1 saturated heterocycles. The summed E-state index contributed by atoms with van der Waals surface area (Å²) in [6.07, 6.45) is 1.96. The van der Waals surface area contributed by atoms with E-state index < -0.39 is 0 Å². The van der Waals surface area contributed by atoms with Crippen molar-refractivity contribution in [2.24, 2.45) is 5.92 Å². The van der Waals surface area contributed by atoms with Gasteiger partial charge in [-0.1, -0.05) is 24.3 Å². The predicted octanol–water partition coefficient (Wildman–Crippen LogP) is 4.67. The number of likely N-dealkylation sites (tertiary alicyclic amines) is 1. The van der Waals surface area contributed by atoms with E-state index in [4.69, 9.17) is 4.74 Å². The molecule has 1 atom stereocenters. The fourth-order valence-electron chi connectivity index (χ4n) is 3.77. The van der Waals surface area contributed by atoms with Crippen LogP contribution in [-0.4, -0.2) is 36.0 Å². The zero-order chi connectivity index (χ0) is 20.1. The lowest BCUT2D eigenvalue weighted by Gasteiger charge is -2.32. The molecule has 6 heteroatoms. The van der Waals surface area contributed by atoms with Gasteiger partial charge in [0.2, 0.25) is 5.91 Å². The van der Waals surface area contributed by atoms with E-state index in [9.17, 15) is 4.79 Å². The molecular weight excluding hydrogens is 382 g/mol. The summed E-state index contributed by atoms with van der Waals surface area (Å²) < 4.78 is 5.32. The zero-order valence-electron chi connectivity index (χ0n) is 16.5. The Labute approximate surface area is 175 Å². The highest BCUT2D eigenvalue weighted by Crippen LogP contribution is 2.24. The predicted molar refractivity (Wildman–Crippen MR) is 117 cm³/mol. The number of carbonyl (C=O) groups is 1. The number of nitrogens with zero attached hydrogens (tertiary/aromatic N) is 2. The number of hydrogen-bond acceptors (Lipinski definition) is 5. The van der Waals surface area contributed by atoms with E-state index in [1.165, 1.54) is 5.56 Å². The lowest BCUT2D eigenvalue weighted by molar-refractivity contribution is -0.121. The first kappa shape index (κ1) is 19.6. The van der Waals surface area contributed by atoms with Crippen molar-refractivity contribution in [1.29, 1.82) is 0 Å². The van der Waals surface area contributed by atoms with Gasteiger partial charge in [0.25, 0.3) is 0 Å². The van der Waals surface area contributed by atoms with E-state index in [2.05, 4.69) is 27.3 Å². The van der Waals surface area contributed by atoms with Crippen LogP contribution in [0.25, 0.3) is 11.3 Å². The molecule has 0 saturated carbocycles.